The molecular formula is C19H18F2N4O3. The third-order valence-electron chi connectivity index (χ3n) is 4.78. The smallest absolute Gasteiger partial charge is 0.275 e. The zero-order valence-electron chi connectivity index (χ0n) is 14.9. The maximum Gasteiger partial charge on any atom is 0.275 e. The number of fused-ring (bicyclic) bond motifs is 1. The summed E-state index contributed by atoms with van der Waals surface area (Å²) in [6.07, 6.45) is 5.06. The van der Waals surface area contributed by atoms with Crippen LogP contribution in [-0.2, 0) is 17.8 Å². The lowest BCUT2D eigenvalue weighted by Gasteiger charge is -2.16. The standard InChI is InChI=1S/C19H18F2N4O3/c20-15-4-1-5-16(21)12(15)7-22-18(26)13-9-25(8-11-3-2-6-28-11)10-14-17(13)23-24-19(14)27/h1,4-5,9-11H,2-3,6-8H2,(H,22,26)(H,24,27)/t11-/m0/s1. The Morgan fingerprint density at radius 3 is 2.82 bits per heavy atom. The molecule has 1 amide bonds. The number of carbonyl (C=O) groups excluding carboxylic acids is 1. The summed E-state index contributed by atoms with van der Waals surface area (Å²) in [5.74, 6) is -2.07. The van der Waals surface area contributed by atoms with Gasteiger partial charge in [0.05, 0.1) is 17.2 Å². The van der Waals surface area contributed by atoms with Crippen molar-refractivity contribution in [1.29, 1.82) is 0 Å². The van der Waals surface area contributed by atoms with E-state index in [0.717, 1.165) is 25.0 Å². The minimum atomic E-state index is -0.742. The van der Waals surface area contributed by atoms with Crippen LogP contribution < -0.4 is 10.9 Å². The first-order valence-electron chi connectivity index (χ1n) is 8.94. The van der Waals surface area contributed by atoms with Gasteiger partial charge in [-0.1, -0.05) is 6.07 Å². The summed E-state index contributed by atoms with van der Waals surface area (Å²) >= 11 is 0. The van der Waals surface area contributed by atoms with Gasteiger partial charge in [0.15, 0.2) is 0 Å². The van der Waals surface area contributed by atoms with Crippen LogP contribution in [0.2, 0.25) is 0 Å². The molecule has 3 aliphatic rings. The molecule has 3 aliphatic heterocycles. The van der Waals surface area contributed by atoms with E-state index in [1.807, 2.05) is 0 Å². The summed E-state index contributed by atoms with van der Waals surface area (Å²) < 4.78 is 34.9. The molecule has 7 nitrogen and oxygen atoms in total. The van der Waals surface area contributed by atoms with Crippen molar-refractivity contribution in [3.63, 3.8) is 0 Å². The monoisotopic (exact) mass is 388 g/mol. The van der Waals surface area contributed by atoms with Crippen molar-refractivity contribution in [3.8, 4) is 11.3 Å². The van der Waals surface area contributed by atoms with E-state index >= 15 is 0 Å². The van der Waals surface area contributed by atoms with E-state index in [4.69, 9.17) is 4.74 Å². The molecule has 0 radical (unpaired) electrons. The molecule has 4 rings (SSSR count). The first-order chi connectivity index (χ1) is 13.5. The van der Waals surface area contributed by atoms with Crippen LogP contribution in [0.4, 0.5) is 8.78 Å². The summed E-state index contributed by atoms with van der Waals surface area (Å²) in [5.41, 5.74) is -0.0268. The average Bonchev–Trinajstić information content (AvgIpc) is 3.31. The van der Waals surface area contributed by atoms with E-state index in [0.29, 0.717) is 13.2 Å². The number of H-pyrrole nitrogens is 1. The number of rotatable bonds is 5. The summed E-state index contributed by atoms with van der Waals surface area (Å²) in [7, 11) is 0. The molecule has 1 atom stereocenters. The maximum absolute atomic E-state index is 13.8. The van der Waals surface area contributed by atoms with Crippen molar-refractivity contribution in [1.82, 2.24) is 20.1 Å². The Bertz CT molecular complexity index is 1020. The van der Waals surface area contributed by atoms with E-state index in [1.54, 1.807) is 17.0 Å². The Labute approximate surface area is 158 Å². The molecule has 0 spiro atoms. The molecule has 146 valence electrons. The molecular weight excluding hydrogens is 370 g/mol. The number of hydrogen-bond acceptors (Lipinski definition) is 4. The minimum absolute atomic E-state index is 0.00729. The SMILES string of the molecule is O=C(NCc1c(F)cccc1F)c1cn(C[C@@H]2CCCO2)cc2c(=O)[nH]nc1-2. The second-order valence-corrected chi connectivity index (χ2v) is 6.70. The van der Waals surface area contributed by atoms with Gasteiger partial charge >= 0.3 is 0 Å². The van der Waals surface area contributed by atoms with Gasteiger partial charge in [0.1, 0.15) is 17.3 Å². The highest BCUT2D eigenvalue weighted by Crippen LogP contribution is 2.22. The van der Waals surface area contributed by atoms with Crippen LogP contribution >= 0.6 is 0 Å². The lowest BCUT2D eigenvalue weighted by molar-refractivity contribution is 0.0935. The Kier molecular flexibility index (Phi) is 4.91. The minimum Gasteiger partial charge on any atom is -0.376 e. The molecule has 0 saturated carbocycles. The molecule has 1 aromatic rings. The second-order valence-electron chi connectivity index (χ2n) is 6.70. The van der Waals surface area contributed by atoms with Crippen molar-refractivity contribution in [2.24, 2.45) is 0 Å². The zero-order valence-corrected chi connectivity index (χ0v) is 14.9. The molecule has 28 heavy (non-hydrogen) atoms. The first-order valence-corrected chi connectivity index (χ1v) is 8.94. The van der Waals surface area contributed by atoms with Crippen LogP contribution in [0.5, 0.6) is 0 Å². The van der Waals surface area contributed by atoms with Crippen LogP contribution in [-0.4, -0.2) is 33.4 Å². The zero-order chi connectivity index (χ0) is 19.7. The molecule has 1 fully saturated rings. The van der Waals surface area contributed by atoms with Gasteiger partial charge in [-0.3, -0.25) is 9.59 Å². The number of benzene rings is 1. The van der Waals surface area contributed by atoms with Crippen molar-refractivity contribution in [2.75, 3.05) is 6.61 Å². The Hall–Kier alpha value is -3.07. The van der Waals surface area contributed by atoms with Gasteiger partial charge in [-0.15, -0.1) is 0 Å². The van der Waals surface area contributed by atoms with E-state index in [1.165, 1.54) is 6.07 Å². The molecule has 0 aliphatic carbocycles. The fraction of sp³-hybridized carbons (Fsp3) is 0.316. The van der Waals surface area contributed by atoms with E-state index in [2.05, 4.69) is 15.5 Å². The average molecular weight is 388 g/mol. The normalized spacial score (nSPS) is 16.6. The lowest BCUT2D eigenvalue weighted by Crippen LogP contribution is -2.26. The van der Waals surface area contributed by atoms with Gasteiger partial charge in [-0.05, 0) is 25.0 Å². The van der Waals surface area contributed by atoms with Gasteiger partial charge < -0.3 is 14.6 Å². The number of aromatic amines is 1. The summed E-state index contributed by atoms with van der Waals surface area (Å²) in [5, 5.41) is 8.75. The van der Waals surface area contributed by atoms with E-state index in [9.17, 15) is 18.4 Å². The highest BCUT2D eigenvalue weighted by molar-refractivity contribution is 5.99. The Morgan fingerprint density at radius 1 is 1.32 bits per heavy atom. The summed E-state index contributed by atoms with van der Waals surface area (Å²) in [4.78, 5) is 24.7. The third-order valence-corrected chi connectivity index (χ3v) is 4.78. The number of nitrogens with one attached hydrogen (secondary N) is 2. The molecule has 0 bridgehead atoms. The van der Waals surface area contributed by atoms with Crippen LogP contribution in [0.15, 0.2) is 35.4 Å². The highest BCUT2D eigenvalue weighted by atomic mass is 19.1. The number of halogens is 2. The fourth-order valence-corrected chi connectivity index (χ4v) is 3.35. The summed E-state index contributed by atoms with van der Waals surface area (Å²) in [6.45, 7) is 0.852. The van der Waals surface area contributed by atoms with Crippen molar-refractivity contribution in [3.05, 3.63) is 63.7 Å². The van der Waals surface area contributed by atoms with Crippen LogP contribution in [0, 0.1) is 11.6 Å². The van der Waals surface area contributed by atoms with Gasteiger partial charge in [0, 0.05) is 37.7 Å². The number of carbonyl (C=O) groups is 1. The molecule has 9 heteroatoms. The quantitative estimate of drug-likeness (QED) is 0.700. The largest absolute Gasteiger partial charge is 0.376 e. The third kappa shape index (κ3) is 3.53. The predicted molar refractivity (Wildman–Crippen MR) is 96.0 cm³/mol. The van der Waals surface area contributed by atoms with E-state index in [-0.39, 0.29) is 35.0 Å². The molecule has 0 unspecified atom stereocenters. The van der Waals surface area contributed by atoms with Gasteiger partial charge in [-0.25, -0.2) is 13.9 Å². The van der Waals surface area contributed by atoms with Crippen molar-refractivity contribution >= 4 is 5.91 Å². The van der Waals surface area contributed by atoms with E-state index < -0.39 is 23.1 Å². The number of ether oxygens (including phenoxy) is 1. The number of aromatic nitrogens is 3. The molecule has 0 aromatic heterocycles. The Balaban J connectivity index is 1.61. The molecule has 1 aromatic carbocycles. The highest BCUT2D eigenvalue weighted by Gasteiger charge is 2.23. The molecule has 2 N–H and O–H groups in total. The van der Waals surface area contributed by atoms with Crippen LogP contribution in [0.3, 0.4) is 0 Å². The number of hydrogen-bond donors (Lipinski definition) is 2. The topological polar surface area (TPSA) is 89.0 Å². The lowest BCUT2D eigenvalue weighted by atomic mass is 10.1. The number of amides is 1. The van der Waals surface area contributed by atoms with Gasteiger partial charge in [-0.2, -0.15) is 5.10 Å². The maximum atomic E-state index is 13.8. The molecule has 1 saturated heterocycles. The van der Waals surface area contributed by atoms with Crippen molar-refractivity contribution in [2.45, 2.75) is 32.0 Å². The summed E-state index contributed by atoms with van der Waals surface area (Å²) in [6, 6.07) is 3.50. The fourth-order valence-electron chi connectivity index (χ4n) is 3.35. The van der Waals surface area contributed by atoms with Gasteiger partial charge in [0.2, 0.25) is 0 Å². The Morgan fingerprint density at radius 2 is 2.11 bits per heavy atom. The van der Waals surface area contributed by atoms with Crippen LogP contribution in [0.25, 0.3) is 11.3 Å². The first kappa shape index (κ1) is 18.3. The predicted octanol–water partition coefficient (Wildman–Crippen LogP) is 2.06. The second kappa shape index (κ2) is 7.51. The number of pyridine rings is 1. The van der Waals surface area contributed by atoms with Gasteiger partial charge in [0.25, 0.3) is 11.5 Å². The van der Waals surface area contributed by atoms with Crippen LogP contribution in [0.1, 0.15) is 28.8 Å². The molecule has 3 heterocycles. The number of nitrogens with zero attached hydrogens (tertiary/aromatic N) is 2. The van der Waals surface area contributed by atoms with Crippen molar-refractivity contribution < 1.29 is 18.3 Å².